The number of carbonyl (C=O) groups is 1. The van der Waals surface area contributed by atoms with Gasteiger partial charge in [0.15, 0.2) is 0 Å². The molecule has 0 spiro atoms. The van der Waals surface area contributed by atoms with Crippen LogP contribution in [0.25, 0.3) is 10.2 Å². The van der Waals surface area contributed by atoms with Gasteiger partial charge in [0, 0.05) is 61.2 Å². The maximum atomic E-state index is 12.3. The number of hydrogen-bond acceptors (Lipinski definition) is 8. The molecule has 2 aromatic heterocycles. The molecule has 1 amide bonds. The van der Waals surface area contributed by atoms with Crippen LogP contribution in [0.1, 0.15) is 10.4 Å². The molecule has 36 heavy (non-hydrogen) atoms. The van der Waals surface area contributed by atoms with Crippen LogP contribution >= 0.6 is 22.9 Å². The SMILES string of the molecule is CN1CCN(c2ccc(Nc3nc(NCCNC(=O)c4ccc(Cl)cc4)c4sccc4n3)cc2)CC1. The summed E-state index contributed by atoms with van der Waals surface area (Å²) in [6.07, 6.45) is 0. The lowest BCUT2D eigenvalue weighted by Crippen LogP contribution is -2.44. The van der Waals surface area contributed by atoms with Gasteiger partial charge in [0.25, 0.3) is 5.91 Å². The number of benzene rings is 2. The van der Waals surface area contributed by atoms with Crippen LogP contribution in [-0.4, -0.2) is 67.1 Å². The molecule has 0 radical (unpaired) electrons. The number of rotatable bonds is 8. The van der Waals surface area contributed by atoms with Crippen LogP contribution in [-0.2, 0) is 0 Å². The number of amides is 1. The largest absolute Gasteiger partial charge is 0.369 e. The van der Waals surface area contributed by atoms with E-state index in [0.29, 0.717) is 29.6 Å². The van der Waals surface area contributed by atoms with Gasteiger partial charge < -0.3 is 25.8 Å². The van der Waals surface area contributed by atoms with E-state index >= 15 is 0 Å². The smallest absolute Gasteiger partial charge is 0.251 e. The third-order valence-corrected chi connectivity index (χ3v) is 7.27. The van der Waals surface area contributed by atoms with Crippen molar-refractivity contribution in [3.05, 3.63) is 70.6 Å². The van der Waals surface area contributed by atoms with Crippen molar-refractivity contribution in [2.75, 3.05) is 61.8 Å². The number of aromatic nitrogens is 2. The Morgan fingerprint density at radius 1 is 0.972 bits per heavy atom. The molecule has 0 bridgehead atoms. The van der Waals surface area contributed by atoms with E-state index in [4.69, 9.17) is 16.6 Å². The topological polar surface area (TPSA) is 85.4 Å². The minimum absolute atomic E-state index is 0.139. The van der Waals surface area contributed by atoms with Gasteiger partial charge in [-0.15, -0.1) is 11.3 Å². The zero-order chi connectivity index (χ0) is 24.9. The Hall–Kier alpha value is -3.40. The molecule has 1 aliphatic rings. The van der Waals surface area contributed by atoms with Crippen LogP contribution in [0.4, 0.5) is 23.1 Å². The Kier molecular flexibility index (Phi) is 7.50. The molecule has 5 rings (SSSR count). The lowest BCUT2D eigenvalue weighted by atomic mass is 10.2. The van der Waals surface area contributed by atoms with Crippen molar-refractivity contribution in [2.24, 2.45) is 0 Å². The van der Waals surface area contributed by atoms with E-state index in [9.17, 15) is 4.79 Å². The Balaban J connectivity index is 1.20. The first-order chi connectivity index (χ1) is 17.5. The molecule has 3 heterocycles. The molecule has 1 fully saturated rings. The maximum absolute atomic E-state index is 12.3. The number of thiophene rings is 1. The number of halogens is 1. The van der Waals surface area contributed by atoms with Crippen molar-refractivity contribution >= 4 is 62.2 Å². The Morgan fingerprint density at radius 3 is 2.47 bits per heavy atom. The van der Waals surface area contributed by atoms with Crippen LogP contribution in [0.2, 0.25) is 5.02 Å². The van der Waals surface area contributed by atoms with E-state index in [1.807, 2.05) is 11.4 Å². The average Bonchev–Trinajstić information content (AvgIpc) is 3.37. The van der Waals surface area contributed by atoms with Gasteiger partial charge in [-0.25, -0.2) is 4.98 Å². The fourth-order valence-corrected chi connectivity index (χ4v) is 4.97. The lowest BCUT2D eigenvalue weighted by Gasteiger charge is -2.34. The van der Waals surface area contributed by atoms with Gasteiger partial charge in [-0.3, -0.25) is 4.79 Å². The third-order valence-electron chi connectivity index (χ3n) is 6.10. The molecule has 1 aliphatic heterocycles. The highest BCUT2D eigenvalue weighted by Crippen LogP contribution is 2.28. The summed E-state index contributed by atoms with van der Waals surface area (Å²) in [5.41, 5.74) is 3.61. The van der Waals surface area contributed by atoms with Gasteiger partial charge in [0.05, 0.1) is 10.2 Å². The molecule has 3 N–H and O–H groups in total. The van der Waals surface area contributed by atoms with Crippen molar-refractivity contribution in [1.29, 1.82) is 0 Å². The quantitative estimate of drug-likeness (QED) is 0.290. The maximum Gasteiger partial charge on any atom is 0.251 e. The summed E-state index contributed by atoms with van der Waals surface area (Å²) >= 11 is 7.48. The zero-order valence-electron chi connectivity index (χ0n) is 20.0. The summed E-state index contributed by atoms with van der Waals surface area (Å²) in [6.45, 7) is 5.22. The van der Waals surface area contributed by atoms with E-state index in [1.54, 1.807) is 35.6 Å². The van der Waals surface area contributed by atoms with E-state index in [0.717, 1.165) is 47.9 Å². The molecule has 10 heteroatoms. The highest BCUT2D eigenvalue weighted by molar-refractivity contribution is 7.17. The second-order valence-corrected chi connectivity index (χ2v) is 10.0. The number of piperazine rings is 1. The highest BCUT2D eigenvalue weighted by atomic mass is 35.5. The first-order valence-corrected chi connectivity index (χ1v) is 13.1. The van der Waals surface area contributed by atoms with E-state index < -0.39 is 0 Å². The number of likely N-dealkylation sites (N-methyl/N-ethyl adjacent to an activating group) is 1. The molecule has 8 nitrogen and oxygen atoms in total. The minimum atomic E-state index is -0.139. The lowest BCUT2D eigenvalue weighted by molar-refractivity contribution is 0.0955. The normalized spacial score (nSPS) is 14.1. The number of carbonyl (C=O) groups excluding carboxylic acids is 1. The number of anilines is 4. The fourth-order valence-electron chi connectivity index (χ4n) is 4.05. The molecule has 0 atom stereocenters. The number of fused-ring (bicyclic) bond motifs is 1. The molecular formula is C26H28ClN7OS. The Bertz CT molecular complexity index is 1320. The van der Waals surface area contributed by atoms with Crippen molar-refractivity contribution in [1.82, 2.24) is 20.2 Å². The monoisotopic (exact) mass is 521 g/mol. The zero-order valence-corrected chi connectivity index (χ0v) is 21.6. The second-order valence-electron chi connectivity index (χ2n) is 8.68. The predicted octanol–water partition coefficient (Wildman–Crippen LogP) is 4.68. The van der Waals surface area contributed by atoms with Crippen LogP contribution in [0.15, 0.2) is 60.0 Å². The summed E-state index contributed by atoms with van der Waals surface area (Å²) in [6, 6.07) is 17.2. The van der Waals surface area contributed by atoms with Crippen molar-refractivity contribution in [2.45, 2.75) is 0 Å². The predicted molar refractivity (Wildman–Crippen MR) is 149 cm³/mol. The van der Waals surface area contributed by atoms with Crippen molar-refractivity contribution in [3.8, 4) is 0 Å². The van der Waals surface area contributed by atoms with E-state index in [-0.39, 0.29) is 5.91 Å². The molecule has 0 saturated carbocycles. The van der Waals surface area contributed by atoms with Crippen LogP contribution in [0, 0.1) is 0 Å². The van der Waals surface area contributed by atoms with Gasteiger partial charge >= 0.3 is 0 Å². The standard InChI is InChI=1S/C26H28ClN7OS/c1-33-13-15-34(16-14-33)21-8-6-20(7-9-21)30-26-31-22-10-17-36-23(22)24(32-26)28-11-12-29-25(35)18-2-4-19(27)5-3-18/h2-10,17H,11-16H2,1H3,(H,29,35)(H2,28,30,31,32). The van der Waals surface area contributed by atoms with E-state index in [1.165, 1.54) is 5.69 Å². The molecule has 186 valence electrons. The van der Waals surface area contributed by atoms with Crippen LogP contribution in [0.5, 0.6) is 0 Å². The van der Waals surface area contributed by atoms with Gasteiger partial charge in [-0.1, -0.05) is 11.6 Å². The number of nitrogens with zero attached hydrogens (tertiary/aromatic N) is 4. The van der Waals surface area contributed by atoms with Gasteiger partial charge in [-0.2, -0.15) is 4.98 Å². The minimum Gasteiger partial charge on any atom is -0.369 e. The molecule has 1 saturated heterocycles. The summed E-state index contributed by atoms with van der Waals surface area (Å²) in [7, 11) is 2.16. The molecule has 0 unspecified atom stereocenters. The summed E-state index contributed by atoms with van der Waals surface area (Å²) in [5.74, 6) is 1.13. The number of nitrogens with one attached hydrogen (secondary N) is 3. The average molecular weight is 522 g/mol. The van der Waals surface area contributed by atoms with E-state index in [2.05, 4.69) is 62.0 Å². The van der Waals surface area contributed by atoms with Crippen molar-refractivity contribution < 1.29 is 4.79 Å². The van der Waals surface area contributed by atoms with Gasteiger partial charge in [0.2, 0.25) is 5.95 Å². The van der Waals surface area contributed by atoms with Gasteiger partial charge in [0.1, 0.15) is 5.82 Å². The Morgan fingerprint density at radius 2 is 1.72 bits per heavy atom. The van der Waals surface area contributed by atoms with Crippen LogP contribution < -0.4 is 20.9 Å². The first-order valence-electron chi connectivity index (χ1n) is 11.9. The Labute approximate surface area is 219 Å². The summed E-state index contributed by atoms with van der Waals surface area (Å²) in [4.78, 5) is 26.4. The molecule has 0 aliphatic carbocycles. The highest BCUT2D eigenvalue weighted by Gasteiger charge is 2.14. The van der Waals surface area contributed by atoms with Gasteiger partial charge in [-0.05, 0) is 67.0 Å². The molecular weight excluding hydrogens is 494 g/mol. The second kappa shape index (κ2) is 11.1. The summed E-state index contributed by atoms with van der Waals surface area (Å²) < 4.78 is 0.981. The fraction of sp³-hybridized carbons (Fsp3) is 0.269. The molecule has 4 aromatic rings. The molecule has 2 aromatic carbocycles. The summed E-state index contributed by atoms with van der Waals surface area (Å²) in [5, 5.41) is 12.2. The van der Waals surface area contributed by atoms with Crippen molar-refractivity contribution in [3.63, 3.8) is 0 Å². The van der Waals surface area contributed by atoms with Crippen LogP contribution in [0.3, 0.4) is 0 Å². The first kappa shape index (κ1) is 24.3. The number of hydrogen-bond donors (Lipinski definition) is 3. The third kappa shape index (κ3) is 5.87.